The summed E-state index contributed by atoms with van der Waals surface area (Å²) in [6.07, 6.45) is 1.41. The van der Waals surface area contributed by atoms with Crippen LogP contribution in [0.2, 0.25) is 0 Å². The Morgan fingerprint density at radius 3 is 2.87 bits per heavy atom. The highest BCUT2D eigenvalue weighted by molar-refractivity contribution is 5.92. The van der Waals surface area contributed by atoms with Gasteiger partial charge in [-0.2, -0.15) is 5.26 Å². The van der Waals surface area contributed by atoms with Gasteiger partial charge in [0.25, 0.3) is 0 Å². The van der Waals surface area contributed by atoms with Crippen LogP contribution in [0, 0.1) is 17.1 Å². The summed E-state index contributed by atoms with van der Waals surface area (Å²) in [5, 5.41) is 9.36. The monoisotopic (exact) mass is 314 g/mol. The number of nitriles is 1. The number of nitrogens with zero attached hydrogens (tertiary/aromatic N) is 1. The molecule has 0 aromatic heterocycles. The first kappa shape index (κ1) is 16.3. The molecule has 0 saturated heterocycles. The number of carbonyl (C=O) groups excluding carboxylic acids is 1. The minimum absolute atomic E-state index is 0.0132. The van der Waals surface area contributed by atoms with Crippen LogP contribution in [0.3, 0.4) is 0 Å². The summed E-state index contributed by atoms with van der Waals surface area (Å²) in [6.45, 7) is 4.97. The number of nitrogens with two attached hydrogens (primary N) is 1. The van der Waals surface area contributed by atoms with Crippen molar-refractivity contribution in [2.75, 3.05) is 6.61 Å². The number of rotatable bonds is 4. The zero-order valence-corrected chi connectivity index (χ0v) is 12.5. The van der Waals surface area contributed by atoms with Crippen molar-refractivity contribution in [2.45, 2.75) is 12.8 Å². The molecule has 0 radical (unpaired) electrons. The van der Waals surface area contributed by atoms with Crippen LogP contribution >= 0.6 is 0 Å². The van der Waals surface area contributed by atoms with Crippen LogP contribution in [-0.2, 0) is 14.3 Å². The Morgan fingerprint density at radius 1 is 1.57 bits per heavy atom. The van der Waals surface area contributed by atoms with Gasteiger partial charge in [-0.25, -0.2) is 9.18 Å². The molecule has 0 fully saturated rings. The average Bonchev–Trinajstić information content (AvgIpc) is 2.52. The highest BCUT2D eigenvalue weighted by Gasteiger charge is 2.37. The molecule has 23 heavy (non-hydrogen) atoms. The van der Waals surface area contributed by atoms with E-state index in [0.29, 0.717) is 0 Å². The van der Waals surface area contributed by atoms with E-state index < -0.39 is 17.7 Å². The normalized spacial score (nSPS) is 17.3. The average molecular weight is 314 g/mol. The molecule has 0 spiro atoms. The van der Waals surface area contributed by atoms with E-state index in [-0.39, 0.29) is 35.0 Å². The SMILES string of the molecule is C=CCOC(=O)C1=C(C)OC(N)=C(C#N)[C@H]1c1ccccc1F. The molecule has 1 aromatic carbocycles. The first-order valence-corrected chi connectivity index (χ1v) is 6.82. The van der Waals surface area contributed by atoms with Gasteiger partial charge < -0.3 is 15.2 Å². The Balaban J connectivity index is 2.60. The van der Waals surface area contributed by atoms with E-state index >= 15 is 0 Å². The van der Waals surface area contributed by atoms with Crippen LogP contribution in [0.1, 0.15) is 18.4 Å². The molecule has 1 aromatic rings. The molecule has 2 N–H and O–H groups in total. The zero-order chi connectivity index (χ0) is 17.0. The van der Waals surface area contributed by atoms with Gasteiger partial charge >= 0.3 is 5.97 Å². The highest BCUT2D eigenvalue weighted by Crippen LogP contribution is 2.40. The maximum atomic E-state index is 14.2. The maximum Gasteiger partial charge on any atom is 0.338 e. The van der Waals surface area contributed by atoms with E-state index in [4.69, 9.17) is 15.2 Å². The van der Waals surface area contributed by atoms with Crippen LogP contribution in [0.15, 0.2) is 59.7 Å². The van der Waals surface area contributed by atoms with Gasteiger partial charge in [0.05, 0.1) is 11.5 Å². The molecule has 2 rings (SSSR count). The molecule has 1 aliphatic heterocycles. The van der Waals surface area contributed by atoms with E-state index in [1.54, 1.807) is 6.07 Å². The lowest BCUT2D eigenvalue weighted by molar-refractivity contribution is -0.138. The van der Waals surface area contributed by atoms with Crippen molar-refractivity contribution in [2.24, 2.45) is 5.73 Å². The third-order valence-corrected chi connectivity index (χ3v) is 3.37. The summed E-state index contributed by atoms with van der Waals surface area (Å²) < 4.78 is 24.5. The zero-order valence-electron chi connectivity index (χ0n) is 12.5. The fourth-order valence-corrected chi connectivity index (χ4v) is 2.38. The number of halogens is 1. The number of benzene rings is 1. The van der Waals surface area contributed by atoms with Gasteiger partial charge in [0.2, 0.25) is 5.88 Å². The Labute approximate surface area is 133 Å². The Morgan fingerprint density at radius 2 is 2.26 bits per heavy atom. The Bertz CT molecular complexity index is 759. The van der Waals surface area contributed by atoms with Crippen LogP contribution in [0.4, 0.5) is 4.39 Å². The first-order chi connectivity index (χ1) is 11.0. The van der Waals surface area contributed by atoms with Crippen LogP contribution in [0.5, 0.6) is 0 Å². The standard InChI is InChI=1S/C17H15FN2O3/c1-3-8-22-17(21)14-10(2)23-16(20)12(9-19)15(14)11-6-4-5-7-13(11)18/h3-7,15H,1,8,20H2,2H3/t15-/m1/s1. The molecule has 0 aliphatic carbocycles. The van der Waals surface area contributed by atoms with E-state index in [2.05, 4.69) is 6.58 Å². The van der Waals surface area contributed by atoms with Crippen molar-refractivity contribution in [1.29, 1.82) is 5.26 Å². The third kappa shape index (κ3) is 3.09. The summed E-state index contributed by atoms with van der Waals surface area (Å²) >= 11 is 0. The second-order valence-corrected chi connectivity index (χ2v) is 4.80. The molecule has 0 unspecified atom stereocenters. The van der Waals surface area contributed by atoms with Crippen molar-refractivity contribution in [3.05, 3.63) is 71.1 Å². The molecule has 118 valence electrons. The van der Waals surface area contributed by atoms with Crippen LogP contribution in [0.25, 0.3) is 0 Å². The summed E-state index contributed by atoms with van der Waals surface area (Å²) in [4.78, 5) is 12.3. The second kappa shape index (κ2) is 6.79. The third-order valence-electron chi connectivity index (χ3n) is 3.37. The number of hydrogen-bond acceptors (Lipinski definition) is 5. The number of carbonyl (C=O) groups is 1. The number of esters is 1. The van der Waals surface area contributed by atoms with Gasteiger partial charge in [0, 0.05) is 5.56 Å². The Hall–Kier alpha value is -3.07. The molecule has 1 heterocycles. The quantitative estimate of drug-likeness (QED) is 0.682. The molecule has 0 saturated carbocycles. The lowest BCUT2D eigenvalue weighted by Crippen LogP contribution is -2.26. The Kier molecular flexibility index (Phi) is 4.82. The van der Waals surface area contributed by atoms with Crippen molar-refractivity contribution in [3.8, 4) is 6.07 Å². The lowest BCUT2D eigenvalue weighted by Gasteiger charge is -2.27. The number of hydrogen-bond donors (Lipinski definition) is 1. The summed E-state index contributed by atoms with van der Waals surface area (Å²) in [5.41, 5.74) is 5.89. The number of ether oxygens (including phenoxy) is 2. The summed E-state index contributed by atoms with van der Waals surface area (Å²) in [7, 11) is 0. The molecule has 1 atom stereocenters. The van der Waals surface area contributed by atoms with Gasteiger partial charge in [-0.15, -0.1) is 0 Å². The van der Waals surface area contributed by atoms with Crippen LogP contribution < -0.4 is 5.73 Å². The predicted octanol–water partition coefficient (Wildman–Crippen LogP) is 2.64. The predicted molar refractivity (Wildman–Crippen MR) is 80.9 cm³/mol. The van der Waals surface area contributed by atoms with Gasteiger partial charge in [0.15, 0.2) is 0 Å². The van der Waals surface area contributed by atoms with Crippen molar-refractivity contribution in [3.63, 3.8) is 0 Å². The molecule has 5 nitrogen and oxygen atoms in total. The molecule has 0 bridgehead atoms. The molecule has 6 heteroatoms. The van der Waals surface area contributed by atoms with Crippen molar-refractivity contribution < 1.29 is 18.7 Å². The van der Waals surface area contributed by atoms with Gasteiger partial charge in [-0.1, -0.05) is 30.9 Å². The fourth-order valence-electron chi connectivity index (χ4n) is 2.38. The maximum absolute atomic E-state index is 14.2. The fraction of sp³-hybridized carbons (Fsp3) is 0.176. The highest BCUT2D eigenvalue weighted by atomic mass is 19.1. The van der Waals surface area contributed by atoms with E-state index in [0.717, 1.165) is 0 Å². The largest absolute Gasteiger partial charge is 0.458 e. The molecular formula is C17H15FN2O3. The summed E-state index contributed by atoms with van der Waals surface area (Å²) in [5.74, 6) is -2.23. The van der Waals surface area contributed by atoms with E-state index in [1.165, 1.54) is 31.2 Å². The smallest absolute Gasteiger partial charge is 0.338 e. The van der Waals surface area contributed by atoms with E-state index in [9.17, 15) is 14.4 Å². The van der Waals surface area contributed by atoms with Crippen molar-refractivity contribution in [1.82, 2.24) is 0 Å². The minimum atomic E-state index is -0.979. The second-order valence-electron chi connectivity index (χ2n) is 4.80. The van der Waals surface area contributed by atoms with Gasteiger partial charge in [0.1, 0.15) is 29.8 Å². The molecular weight excluding hydrogens is 299 g/mol. The van der Waals surface area contributed by atoms with E-state index in [1.807, 2.05) is 6.07 Å². The molecule has 0 amide bonds. The number of allylic oxidation sites excluding steroid dienone is 2. The lowest BCUT2D eigenvalue weighted by atomic mass is 9.83. The van der Waals surface area contributed by atoms with Crippen LogP contribution in [-0.4, -0.2) is 12.6 Å². The minimum Gasteiger partial charge on any atom is -0.458 e. The molecule has 1 aliphatic rings. The van der Waals surface area contributed by atoms with Gasteiger partial charge in [-0.3, -0.25) is 0 Å². The van der Waals surface area contributed by atoms with Gasteiger partial charge in [-0.05, 0) is 13.0 Å². The van der Waals surface area contributed by atoms with Crippen molar-refractivity contribution >= 4 is 5.97 Å². The topological polar surface area (TPSA) is 85.3 Å². The summed E-state index contributed by atoms with van der Waals surface area (Å²) in [6, 6.07) is 7.76. The first-order valence-electron chi connectivity index (χ1n) is 6.82.